The van der Waals surface area contributed by atoms with Gasteiger partial charge in [-0.3, -0.25) is 4.79 Å². The molecule has 3 aliphatic carbocycles. The largest absolute Gasteiger partial charge is 0.385 e. The van der Waals surface area contributed by atoms with E-state index in [1.165, 1.54) is 17.4 Å². The van der Waals surface area contributed by atoms with Crippen molar-refractivity contribution in [3.05, 3.63) is 64.8 Å². The molecule has 4 aliphatic rings. The molecule has 0 amide bonds. The molecule has 1 aromatic rings. The van der Waals surface area contributed by atoms with Crippen molar-refractivity contribution in [3.8, 4) is 0 Å². The Balaban J connectivity index is 1.67. The molecule has 5 unspecified atom stereocenters. The molecule has 1 aliphatic heterocycles. The quantitative estimate of drug-likeness (QED) is 0.621. The molecule has 0 bridgehead atoms. The Kier molecular flexibility index (Phi) is 5.58. The maximum atomic E-state index is 12.2. The summed E-state index contributed by atoms with van der Waals surface area (Å²) in [5, 5.41) is 11.8. The number of carbonyl (C=O) groups is 1. The summed E-state index contributed by atoms with van der Waals surface area (Å²) in [6.07, 6.45) is 7.29. The van der Waals surface area contributed by atoms with Gasteiger partial charge in [-0.15, -0.1) is 0 Å². The first-order chi connectivity index (χ1) is 16.0. The normalized spacial score (nSPS) is 35.7. The van der Waals surface area contributed by atoms with E-state index in [9.17, 15) is 18.3 Å². The van der Waals surface area contributed by atoms with Crippen molar-refractivity contribution in [2.75, 3.05) is 12.9 Å². The Morgan fingerprint density at radius 1 is 1.15 bits per heavy atom. The van der Waals surface area contributed by atoms with Gasteiger partial charge in [-0.05, 0) is 96.9 Å². The topological polar surface area (TPSA) is 80.7 Å². The molecule has 1 saturated heterocycles. The minimum atomic E-state index is -3.30. The van der Waals surface area contributed by atoms with Gasteiger partial charge in [-0.25, -0.2) is 8.42 Å². The fraction of sp³-hybridized carbons (Fsp3) is 0.536. The zero-order valence-electron chi connectivity index (χ0n) is 20.3. The Morgan fingerprint density at radius 3 is 2.50 bits per heavy atom. The minimum absolute atomic E-state index is 0.184. The summed E-state index contributed by atoms with van der Waals surface area (Å²) in [4.78, 5) is 12.5. The lowest BCUT2D eigenvalue weighted by Gasteiger charge is -2.45. The van der Waals surface area contributed by atoms with Crippen LogP contribution in [-0.2, 0) is 19.4 Å². The third-order valence-corrected chi connectivity index (χ3v) is 10.2. The van der Waals surface area contributed by atoms with E-state index in [1.54, 1.807) is 12.1 Å². The molecule has 1 aromatic carbocycles. The first-order valence-corrected chi connectivity index (χ1v) is 14.1. The molecule has 1 heterocycles. The summed E-state index contributed by atoms with van der Waals surface area (Å²) < 4.78 is 30.7. The third-order valence-electron chi connectivity index (χ3n) is 9.03. The highest BCUT2D eigenvalue weighted by atomic mass is 32.2. The first-order valence-electron chi connectivity index (χ1n) is 12.2. The number of ketones is 1. The van der Waals surface area contributed by atoms with Crippen LogP contribution in [0.4, 0.5) is 0 Å². The maximum absolute atomic E-state index is 12.2. The van der Waals surface area contributed by atoms with E-state index in [0.717, 1.165) is 36.0 Å². The standard InChI is InChI=1S/C28H34O5S/c1-17(2)28(30)14-13-24-23-11-7-19-15-20(29)8-12-22(19)25(23)26(33-16-27(24,28)3)18-5-9-21(10-6-18)34(4,31)32/h5-6,9-10,15,23-24,26,30H,1,7-8,11-14,16H2,2-4H3. The van der Waals surface area contributed by atoms with Crippen LogP contribution in [0.1, 0.15) is 64.0 Å². The predicted molar refractivity (Wildman–Crippen MR) is 131 cm³/mol. The number of fused-ring (bicyclic) bond motifs is 4. The Bertz CT molecular complexity index is 1220. The van der Waals surface area contributed by atoms with Crippen LogP contribution in [0.3, 0.4) is 0 Å². The Hall–Kier alpha value is -2.02. The van der Waals surface area contributed by atoms with Gasteiger partial charge in [0.25, 0.3) is 0 Å². The first kappa shape index (κ1) is 23.7. The molecule has 0 radical (unpaired) electrons. The van der Waals surface area contributed by atoms with Gasteiger partial charge < -0.3 is 9.84 Å². The van der Waals surface area contributed by atoms with Crippen molar-refractivity contribution < 1.29 is 23.1 Å². The van der Waals surface area contributed by atoms with E-state index in [1.807, 2.05) is 25.1 Å². The molecule has 1 N–H and O–H groups in total. The van der Waals surface area contributed by atoms with Crippen LogP contribution in [0.5, 0.6) is 0 Å². The zero-order chi connectivity index (χ0) is 24.5. The summed E-state index contributed by atoms with van der Waals surface area (Å²) in [6.45, 7) is 8.59. The Labute approximate surface area is 202 Å². The van der Waals surface area contributed by atoms with Crippen molar-refractivity contribution in [1.29, 1.82) is 0 Å². The highest BCUT2D eigenvalue weighted by molar-refractivity contribution is 7.90. The van der Waals surface area contributed by atoms with Gasteiger partial charge in [-0.2, -0.15) is 0 Å². The van der Waals surface area contributed by atoms with Gasteiger partial charge in [0.1, 0.15) is 6.10 Å². The summed E-state index contributed by atoms with van der Waals surface area (Å²) in [7, 11) is -3.30. The molecule has 34 heavy (non-hydrogen) atoms. The van der Waals surface area contributed by atoms with Crippen LogP contribution in [0, 0.1) is 17.3 Å². The van der Waals surface area contributed by atoms with Crippen LogP contribution in [0.2, 0.25) is 0 Å². The number of sulfone groups is 1. The molecule has 5 nitrogen and oxygen atoms in total. The van der Waals surface area contributed by atoms with Gasteiger partial charge in [0.05, 0.1) is 17.1 Å². The highest BCUT2D eigenvalue weighted by Crippen LogP contribution is 2.63. The molecule has 6 heteroatoms. The van der Waals surface area contributed by atoms with Crippen LogP contribution in [0.15, 0.2) is 64.1 Å². The fourth-order valence-electron chi connectivity index (χ4n) is 7.14. The lowest BCUT2D eigenvalue weighted by molar-refractivity contribution is -0.114. The molecule has 5 atom stereocenters. The van der Waals surface area contributed by atoms with E-state index >= 15 is 0 Å². The molecule has 0 spiro atoms. The van der Waals surface area contributed by atoms with Crippen molar-refractivity contribution in [2.24, 2.45) is 17.3 Å². The summed E-state index contributed by atoms with van der Waals surface area (Å²) in [5.41, 5.74) is 3.84. The lowest BCUT2D eigenvalue weighted by Crippen LogP contribution is -2.49. The van der Waals surface area contributed by atoms with Crippen LogP contribution < -0.4 is 0 Å². The number of aliphatic hydroxyl groups is 1. The predicted octanol–water partition coefficient (Wildman–Crippen LogP) is 4.88. The number of allylic oxidation sites excluding steroid dienone is 3. The average Bonchev–Trinajstić information content (AvgIpc) is 2.97. The van der Waals surface area contributed by atoms with E-state index in [0.29, 0.717) is 25.9 Å². The zero-order valence-corrected chi connectivity index (χ0v) is 21.1. The number of rotatable bonds is 3. The van der Waals surface area contributed by atoms with Crippen LogP contribution in [-0.4, -0.2) is 37.8 Å². The second-order valence-electron chi connectivity index (χ2n) is 11.0. The smallest absolute Gasteiger partial charge is 0.175 e. The summed E-state index contributed by atoms with van der Waals surface area (Å²) >= 11 is 0. The highest BCUT2D eigenvalue weighted by Gasteiger charge is 2.61. The van der Waals surface area contributed by atoms with Crippen molar-refractivity contribution >= 4 is 15.6 Å². The summed E-state index contributed by atoms with van der Waals surface area (Å²) in [5.74, 6) is 0.667. The molecular weight excluding hydrogens is 448 g/mol. The molecule has 5 rings (SSSR count). The molecular formula is C28H34O5S. The van der Waals surface area contributed by atoms with Crippen LogP contribution >= 0.6 is 0 Å². The van der Waals surface area contributed by atoms with Gasteiger partial charge in [0.2, 0.25) is 0 Å². The number of ether oxygens (including phenoxy) is 1. The monoisotopic (exact) mass is 482 g/mol. The van der Waals surface area contributed by atoms with Gasteiger partial charge in [0.15, 0.2) is 15.6 Å². The van der Waals surface area contributed by atoms with E-state index in [4.69, 9.17) is 4.74 Å². The third kappa shape index (κ3) is 3.49. The molecule has 1 saturated carbocycles. The number of hydrogen-bond acceptors (Lipinski definition) is 5. The number of benzene rings is 1. The Morgan fingerprint density at radius 2 is 1.85 bits per heavy atom. The number of hydrogen-bond donors (Lipinski definition) is 1. The van der Waals surface area contributed by atoms with Gasteiger partial charge in [0, 0.05) is 18.1 Å². The van der Waals surface area contributed by atoms with E-state index in [-0.39, 0.29) is 28.6 Å². The number of carbonyl (C=O) groups excluding carboxylic acids is 1. The van der Waals surface area contributed by atoms with Gasteiger partial charge >= 0.3 is 0 Å². The lowest BCUT2D eigenvalue weighted by atomic mass is 9.61. The fourth-order valence-corrected chi connectivity index (χ4v) is 7.77. The summed E-state index contributed by atoms with van der Waals surface area (Å²) in [6, 6.07) is 7.00. The SMILES string of the molecule is C=C(C)C1(O)CCC2C3CCC4=CC(=O)CCC4=C3C(c3ccc(S(C)(=O)=O)cc3)OCC21C. The van der Waals surface area contributed by atoms with E-state index < -0.39 is 20.9 Å². The maximum Gasteiger partial charge on any atom is 0.175 e. The van der Waals surface area contributed by atoms with Crippen molar-refractivity contribution in [3.63, 3.8) is 0 Å². The van der Waals surface area contributed by atoms with E-state index in [2.05, 4.69) is 13.5 Å². The second kappa shape index (κ2) is 8.00. The average molecular weight is 483 g/mol. The van der Waals surface area contributed by atoms with Crippen molar-refractivity contribution in [2.45, 2.75) is 69.0 Å². The minimum Gasteiger partial charge on any atom is -0.385 e. The molecule has 2 fully saturated rings. The van der Waals surface area contributed by atoms with Crippen molar-refractivity contribution in [1.82, 2.24) is 0 Å². The second-order valence-corrected chi connectivity index (χ2v) is 13.0. The molecule has 182 valence electrons. The molecule has 0 aromatic heterocycles. The van der Waals surface area contributed by atoms with Crippen LogP contribution in [0.25, 0.3) is 0 Å². The van der Waals surface area contributed by atoms with Gasteiger partial charge in [-0.1, -0.05) is 25.6 Å².